The maximum absolute atomic E-state index is 12.0. The number of hydrogen-bond donors (Lipinski definition) is 2. The number of rotatable bonds is 2. The molecule has 1 atom stereocenters. The summed E-state index contributed by atoms with van der Waals surface area (Å²) in [4.78, 5) is 16.9. The summed E-state index contributed by atoms with van der Waals surface area (Å²) in [5.74, 6) is 0.748. The van der Waals surface area contributed by atoms with Crippen LogP contribution in [0.2, 0.25) is 0 Å². The molecule has 2 heterocycles. The Hall–Kier alpha value is -2.23. The fourth-order valence-electron chi connectivity index (χ4n) is 2.62. The smallest absolute Gasteiger partial charge is 0.250 e. The van der Waals surface area contributed by atoms with Crippen molar-refractivity contribution in [2.45, 2.75) is 19.4 Å². The van der Waals surface area contributed by atoms with Crippen LogP contribution >= 0.6 is 0 Å². The topological polar surface area (TPSA) is 48.1 Å². The van der Waals surface area contributed by atoms with Crippen LogP contribution in [0.15, 0.2) is 36.8 Å². The number of H-pyrrole nitrogens is 1. The van der Waals surface area contributed by atoms with Crippen LogP contribution in [0.1, 0.15) is 11.1 Å². The van der Waals surface area contributed by atoms with Gasteiger partial charge in [0.15, 0.2) is 0 Å². The summed E-state index contributed by atoms with van der Waals surface area (Å²) in [5, 5.41) is 4.33. The van der Waals surface area contributed by atoms with Gasteiger partial charge in [0.2, 0.25) is 0 Å². The van der Waals surface area contributed by atoms with E-state index in [9.17, 15) is 4.79 Å². The Kier molecular flexibility index (Phi) is 2.59. The zero-order valence-corrected chi connectivity index (χ0v) is 11.2. The van der Waals surface area contributed by atoms with Gasteiger partial charge in [-0.1, -0.05) is 24.8 Å². The number of para-hydroxylation sites is 1. The van der Waals surface area contributed by atoms with Crippen LogP contribution < -0.4 is 5.32 Å². The monoisotopic (exact) mass is 255 g/mol. The van der Waals surface area contributed by atoms with Crippen molar-refractivity contribution in [3.05, 3.63) is 47.9 Å². The molecule has 4 nitrogen and oxygen atoms in total. The molecule has 0 bridgehead atoms. The van der Waals surface area contributed by atoms with E-state index in [1.165, 1.54) is 10.9 Å². The summed E-state index contributed by atoms with van der Waals surface area (Å²) in [6, 6.07) is 6.00. The molecule has 1 fully saturated rings. The fraction of sp³-hybridized carbons (Fsp3) is 0.267. The molecule has 0 saturated carbocycles. The maximum Gasteiger partial charge on any atom is 0.250 e. The lowest BCUT2D eigenvalue weighted by Crippen LogP contribution is -2.30. The van der Waals surface area contributed by atoms with Crippen LogP contribution in [-0.2, 0) is 11.2 Å². The van der Waals surface area contributed by atoms with Crippen molar-refractivity contribution >= 4 is 16.8 Å². The van der Waals surface area contributed by atoms with Crippen molar-refractivity contribution in [1.82, 2.24) is 15.2 Å². The molecule has 2 aromatic rings. The zero-order chi connectivity index (χ0) is 13.6. The molecule has 1 amide bonds. The van der Waals surface area contributed by atoms with Gasteiger partial charge in [0.1, 0.15) is 11.9 Å². The van der Waals surface area contributed by atoms with Crippen molar-refractivity contribution in [2.75, 3.05) is 7.05 Å². The van der Waals surface area contributed by atoms with Crippen molar-refractivity contribution < 1.29 is 4.79 Å². The van der Waals surface area contributed by atoms with E-state index in [2.05, 4.69) is 35.9 Å². The number of likely N-dealkylation sites (N-methyl/N-ethyl adjacent to an activating group) is 1. The Morgan fingerprint density at radius 1 is 1.42 bits per heavy atom. The lowest BCUT2D eigenvalue weighted by molar-refractivity contribution is -0.127. The molecule has 1 aliphatic rings. The molecular weight excluding hydrogens is 238 g/mol. The van der Waals surface area contributed by atoms with Crippen molar-refractivity contribution in [2.24, 2.45) is 0 Å². The first-order valence-corrected chi connectivity index (χ1v) is 6.36. The lowest BCUT2D eigenvalue weighted by atomic mass is 10.0. The maximum atomic E-state index is 12.0. The van der Waals surface area contributed by atoms with E-state index in [4.69, 9.17) is 0 Å². The number of aryl methyl sites for hydroxylation is 1. The minimum Gasteiger partial charge on any atom is -0.361 e. The molecule has 1 unspecified atom stereocenters. The predicted octanol–water partition coefficient (Wildman–Crippen LogP) is 1.92. The molecule has 2 N–H and O–H groups in total. The van der Waals surface area contributed by atoms with E-state index < -0.39 is 0 Å². The molecule has 0 aliphatic carbocycles. The molecule has 0 spiro atoms. The first-order chi connectivity index (χ1) is 9.08. The van der Waals surface area contributed by atoms with Crippen LogP contribution in [0.3, 0.4) is 0 Å². The highest BCUT2D eigenvalue weighted by Crippen LogP contribution is 2.24. The average molecular weight is 255 g/mol. The standard InChI is InChI=1S/C15H17N3O/c1-9-5-4-6-12-11(8-16-14(9)12)7-13-15(19)18(3)10(2)17-13/h4-6,8,13,16-17H,2,7H2,1,3H3. The van der Waals surface area contributed by atoms with Gasteiger partial charge in [0.25, 0.3) is 5.91 Å². The van der Waals surface area contributed by atoms with Gasteiger partial charge in [-0.05, 0) is 18.1 Å². The van der Waals surface area contributed by atoms with Gasteiger partial charge in [-0.3, -0.25) is 4.79 Å². The minimum absolute atomic E-state index is 0.0759. The second kappa shape index (κ2) is 4.16. The molecule has 98 valence electrons. The minimum atomic E-state index is -0.211. The van der Waals surface area contributed by atoms with Crippen molar-refractivity contribution in [3.8, 4) is 0 Å². The van der Waals surface area contributed by atoms with Gasteiger partial charge in [0, 0.05) is 30.6 Å². The number of benzene rings is 1. The van der Waals surface area contributed by atoms with E-state index in [1.54, 1.807) is 11.9 Å². The summed E-state index contributed by atoms with van der Waals surface area (Å²) in [6.45, 7) is 5.91. The molecule has 4 heteroatoms. The van der Waals surface area contributed by atoms with Crippen LogP contribution in [0, 0.1) is 6.92 Å². The number of carbonyl (C=O) groups excluding carboxylic acids is 1. The third-order valence-electron chi connectivity index (χ3n) is 3.81. The average Bonchev–Trinajstić information content (AvgIpc) is 2.90. The number of nitrogens with one attached hydrogen (secondary N) is 2. The third kappa shape index (κ3) is 1.80. The molecule has 19 heavy (non-hydrogen) atoms. The van der Waals surface area contributed by atoms with Gasteiger partial charge in [-0.15, -0.1) is 0 Å². The predicted molar refractivity (Wildman–Crippen MR) is 75.6 cm³/mol. The molecule has 1 aromatic carbocycles. The van der Waals surface area contributed by atoms with E-state index in [0.717, 1.165) is 11.1 Å². The molecule has 1 aromatic heterocycles. The Bertz CT molecular complexity index is 671. The highest BCUT2D eigenvalue weighted by molar-refractivity contribution is 5.89. The zero-order valence-electron chi connectivity index (χ0n) is 11.2. The quantitative estimate of drug-likeness (QED) is 0.861. The number of aromatic amines is 1. The summed E-state index contributed by atoms with van der Waals surface area (Å²) in [7, 11) is 1.75. The van der Waals surface area contributed by atoms with Gasteiger partial charge in [-0.25, -0.2) is 0 Å². The summed E-state index contributed by atoms with van der Waals surface area (Å²) >= 11 is 0. The first kappa shape index (κ1) is 11.8. The van der Waals surface area contributed by atoms with Crippen molar-refractivity contribution in [3.63, 3.8) is 0 Å². The molecule has 0 radical (unpaired) electrons. The summed E-state index contributed by atoms with van der Waals surface area (Å²) in [6.07, 6.45) is 2.67. The lowest BCUT2D eigenvalue weighted by Gasteiger charge is -2.07. The van der Waals surface area contributed by atoms with Gasteiger partial charge < -0.3 is 15.2 Å². The van der Waals surface area contributed by atoms with Crippen LogP contribution in [0.25, 0.3) is 10.9 Å². The number of carbonyl (C=O) groups is 1. The molecular formula is C15H17N3O. The van der Waals surface area contributed by atoms with E-state index >= 15 is 0 Å². The Morgan fingerprint density at radius 3 is 2.89 bits per heavy atom. The van der Waals surface area contributed by atoms with Crippen LogP contribution in [0.4, 0.5) is 0 Å². The summed E-state index contributed by atoms with van der Waals surface area (Å²) < 4.78 is 0. The summed E-state index contributed by atoms with van der Waals surface area (Å²) in [5.41, 5.74) is 3.53. The molecule has 1 saturated heterocycles. The fourth-order valence-corrected chi connectivity index (χ4v) is 2.62. The second-order valence-corrected chi connectivity index (χ2v) is 5.06. The number of hydrogen-bond acceptors (Lipinski definition) is 2. The Labute approximate surface area is 112 Å². The molecule has 3 rings (SSSR count). The van der Waals surface area contributed by atoms with E-state index in [0.29, 0.717) is 12.2 Å². The first-order valence-electron chi connectivity index (χ1n) is 6.36. The SMILES string of the molecule is C=C1NC(Cc2c[nH]c3c(C)cccc23)C(=O)N1C. The highest BCUT2D eigenvalue weighted by Gasteiger charge is 2.31. The highest BCUT2D eigenvalue weighted by atomic mass is 16.2. The number of amides is 1. The largest absolute Gasteiger partial charge is 0.361 e. The van der Waals surface area contributed by atoms with Gasteiger partial charge in [-0.2, -0.15) is 0 Å². The molecule has 1 aliphatic heterocycles. The Balaban J connectivity index is 1.93. The van der Waals surface area contributed by atoms with Crippen LogP contribution in [0.5, 0.6) is 0 Å². The van der Waals surface area contributed by atoms with Crippen molar-refractivity contribution in [1.29, 1.82) is 0 Å². The van der Waals surface area contributed by atoms with E-state index in [1.807, 2.05) is 12.3 Å². The van der Waals surface area contributed by atoms with Crippen LogP contribution in [-0.4, -0.2) is 28.9 Å². The number of nitrogens with zero attached hydrogens (tertiary/aromatic N) is 1. The Morgan fingerprint density at radius 2 is 2.21 bits per heavy atom. The third-order valence-corrected chi connectivity index (χ3v) is 3.81. The van der Waals surface area contributed by atoms with Gasteiger partial charge in [0.05, 0.1) is 0 Å². The normalized spacial score (nSPS) is 19.3. The second-order valence-electron chi connectivity index (χ2n) is 5.06. The van der Waals surface area contributed by atoms with E-state index in [-0.39, 0.29) is 11.9 Å². The number of aromatic nitrogens is 1. The number of fused-ring (bicyclic) bond motifs is 1. The van der Waals surface area contributed by atoms with Gasteiger partial charge >= 0.3 is 0 Å².